The van der Waals surface area contributed by atoms with Crippen LogP contribution in [0.3, 0.4) is 0 Å². The van der Waals surface area contributed by atoms with Crippen LogP contribution < -0.4 is 0 Å². The van der Waals surface area contributed by atoms with Crippen molar-refractivity contribution in [1.29, 1.82) is 0 Å². The van der Waals surface area contributed by atoms with Gasteiger partial charge in [-0.1, -0.05) is 263 Å². The predicted octanol–water partition coefficient (Wildman–Crippen LogP) is 23.4. The fourth-order valence-corrected chi connectivity index (χ4v) is 11.8. The predicted molar refractivity (Wildman–Crippen MR) is 427 cm³/mol. The summed E-state index contributed by atoms with van der Waals surface area (Å²) in [5, 5.41) is 10.6. The lowest BCUT2D eigenvalue weighted by Gasteiger charge is -2.21. The van der Waals surface area contributed by atoms with E-state index >= 15 is 0 Å². The van der Waals surface area contributed by atoms with E-state index in [1.807, 2.05) is 0 Å². The molecule has 0 radical (unpaired) electrons. The first-order valence-corrected chi connectivity index (χ1v) is 43.1. The van der Waals surface area contributed by atoms with E-state index in [9.17, 15) is 43.2 Å². The summed E-state index contributed by atoms with van der Waals surface area (Å²) >= 11 is 0. The zero-order valence-corrected chi connectivity index (χ0v) is 66.7. The standard InChI is InChI=1S/C85H142O17P2/c1-5-9-13-17-21-25-29-33-37-38-39-40-44-46-50-54-58-62-66-70-83(88)96-76-81(102-85(90)72-68-64-60-56-52-48-43-36-32-28-24-20-16-12-8-4)78-100-104(93,94)98-74-79(86)73-97-103(91,92)99-77-80(101-84(89)71-67-63-59-55-51-47-42-35-31-27-23-19-15-11-7-3)75-95-82(87)69-65-61-57-53-49-45-41-34-30-26-22-18-14-10-6-2/h9,12-13,16,21-22,24-26,28,33-37,39-43,46,50,52,56,79-81,86H,5-8,10-11,14-15,17-20,23,27,29-32,38,44-45,47-49,51,53-55,57-78H2,1-4H3,(H,91,92)(H,93,94)/b13-9-,16-12-,25-21-,26-22-,28-24-,37-33-,40-39-,41-34-,42-35-,43-36-,50-46-,56-52-. The highest BCUT2D eigenvalue weighted by Gasteiger charge is 2.30. The molecule has 0 bridgehead atoms. The topological polar surface area (TPSA) is 237 Å². The number of aliphatic hydroxyl groups excluding tert-OH is 1. The van der Waals surface area contributed by atoms with Crippen molar-refractivity contribution in [2.45, 2.75) is 329 Å². The van der Waals surface area contributed by atoms with Crippen LogP contribution in [-0.4, -0.2) is 96.7 Å². The lowest BCUT2D eigenvalue weighted by molar-refractivity contribution is -0.161. The number of phosphoric acid groups is 2. The molecule has 5 unspecified atom stereocenters. The summed E-state index contributed by atoms with van der Waals surface area (Å²) in [7, 11) is -9.99. The van der Waals surface area contributed by atoms with Crippen LogP contribution in [0.25, 0.3) is 0 Å². The number of allylic oxidation sites excluding steroid dienone is 24. The number of unbranched alkanes of at least 4 members (excludes halogenated alkanes) is 24. The molecule has 0 fully saturated rings. The largest absolute Gasteiger partial charge is 0.472 e. The van der Waals surface area contributed by atoms with Crippen molar-refractivity contribution in [2.24, 2.45) is 0 Å². The number of phosphoric ester groups is 2. The van der Waals surface area contributed by atoms with E-state index in [1.54, 1.807) is 0 Å². The zero-order valence-electron chi connectivity index (χ0n) is 64.9. The molecule has 0 saturated carbocycles. The number of carbonyl (C=O) groups excluding carboxylic acids is 4. The Labute approximate surface area is 630 Å². The fraction of sp³-hybridized carbons (Fsp3) is 0.671. The molecule has 17 nitrogen and oxygen atoms in total. The third-order valence-corrected chi connectivity index (χ3v) is 18.2. The molecule has 0 aromatic rings. The zero-order chi connectivity index (χ0) is 76.0. The van der Waals surface area contributed by atoms with E-state index in [4.69, 9.17) is 37.0 Å². The summed E-state index contributed by atoms with van der Waals surface area (Å²) in [6, 6.07) is 0. The van der Waals surface area contributed by atoms with Gasteiger partial charge in [0.15, 0.2) is 12.2 Å². The minimum Gasteiger partial charge on any atom is -0.462 e. The van der Waals surface area contributed by atoms with Gasteiger partial charge in [0, 0.05) is 25.7 Å². The third-order valence-electron chi connectivity index (χ3n) is 16.3. The van der Waals surface area contributed by atoms with Crippen LogP contribution in [0.2, 0.25) is 0 Å². The van der Waals surface area contributed by atoms with Gasteiger partial charge in [0.1, 0.15) is 19.3 Å². The highest BCUT2D eigenvalue weighted by Crippen LogP contribution is 2.45. The molecular weight excluding hydrogens is 1350 g/mol. The molecule has 594 valence electrons. The van der Waals surface area contributed by atoms with Gasteiger partial charge in [-0.3, -0.25) is 37.3 Å². The Kier molecular flexibility index (Phi) is 72.4. The average Bonchev–Trinajstić information content (AvgIpc) is 0.918. The second kappa shape index (κ2) is 76.1. The molecule has 0 rings (SSSR count). The summed E-state index contributed by atoms with van der Waals surface area (Å²) < 4.78 is 68.5. The Morgan fingerprint density at radius 3 is 0.827 bits per heavy atom. The number of hydrogen-bond donors (Lipinski definition) is 3. The van der Waals surface area contributed by atoms with Gasteiger partial charge in [-0.05, 0) is 167 Å². The second-order valence-corrected chi connectivity index (χ2v) is 29.1. The summed E-state index contributed by atoms with van der Waals surface area (Å²) in [6.07, 6.45) is 86.8. The van der Waals surface area contributed by atoms with Crippen molar-refractivity contribution in [2.75, 3.05) is 39.6 Å². The molecule has 0 aliphatic heterocycles. The van der Waals surface area contributed by atoms with Gasteiger partial charge in [-0.25, -0.2) is 9.13 Å². The smallest absolute Gasteiger partial charge is 0.462 e. The van der Waals surface area contributed by atoms with Crippen LogP contribution in [-0.2, 0) is 65.4 Å². The quantitative estimate of drug-likeness (QED) is 0.0169. The molecule has 5 atom stereocenters. The van der Waals surface area contributed by atoms with Crippen LogP contribution in [0, 0.1) is 0 Å². The lowest BCUT2D eigenvalue weighted by Crippen LogP contribution is -2.30. The van der Waals surface area contributed by atoms with E-state index in [2.05, 4.69) is 174 Å². The van der Waals surface area contributed by atoms with E-state index in [-0.39, 0.29) is 25.7 Å². The molecule has 0 spiro atoms. The molecule has 0 saturated heterocycles. The molecule has 0 aliphatic rings. The van der Waals surface area contributed by atoms with Crippen LogP contribution in [0.5, 0.6) is 0 Å². The highest BCUT2D eigenvalue weighted by molar-refractivity contribution is 7.47. The maximum absolute atomic E-state index is 13.1. The summed E-state index contributed by atoms with van der Waals surface area (Å²) in [5.74, 6) is -2.29. The maximum atomic E-state index is 13.1. The molecule has 0 aromatic carbocycles. The minimum absolute atomic E-state index is 0.0301. The number of aliphatic hydroxyl groups is 1. The molecular formula is C85H142O17P2. The van der Waals surface area contributed by atoms with Crippen molar-refractivity contribution in [1.82, 2.24) is 0 Å². The average molecular weight is 1500 g/mol. The molecule has 19 heteroatoms. The number of hydrogen-bond acceptors (Lipinski definition) is 15. The molecule has 104 heavy (non-hydrogen) atoms. The fourth-order valence-electron chi connectivity index (χ4n) is 10.2. The van der Waals surface area contributed by atoms with Crippen molar-refractivity contribution in [3.8, 4) is 0 Å². The monoisotopic (exact) mass is 1500 g/mol. The van der Waals surface area contributed by atoms with Crippen LogP contribution in [0.4, 0.5) is 0 Å². The molecule has 0 amide bonds. The van der Waals surface area contributed by atoms with Crippen molar-refractivity contribution >= 4 is 39.5 Å². The van der Waals surface area contributed by atoms with E-state index < -0.39 is 97.5 Å². The van der Waals surface area contributed by atoms with Gasteiger partial charge >= 0.3 is 39.5 Å². The number of carbonyl (C=O) groups is 4. The first kappa shape index (κ1) is 98.9. The van der Waals surface area contributed by atoms with Gasteiger partial charge in [0.2, 0.25) is 0 Å². The van der Waals surface area contributed by atoms with Crippen LogP contribution in [0.15, 0.2) is 146 Å². The van der Waals surface area contributed by atoms with Gasteiger partial charge in [0.05, 0.1) is 26.4 Å². The second-order valence-electron chi connectivity index (χ2n) is 26.2. The van der Waals surface area contributed by atoms with Crippen LogP contribution >= 0.6 is 15.6 Å². The molecule has 0 aromatic heterocycles. The first-order chi connectivity index (χ1) is 50.7. The summed E-state index contributed by atoms with van der Waals surface area (Å²) in [5.41, 5.74) is 0. The van der Waals surface area contributed by atoms with Gasteiger partial charge in [-0.2, -0.15) is 0 Å². The molecule has 3 N–H and O–H groups in total. The Bertz CT molecular complexity index is 2540. The van der Waals surface area contributed by atoms with Crippen molar-refractivity contribution < 1.29 is 80.2 Å². The lowest BCUT2D eigenvalue weighted by atomic mass is 10.1. The minimum atomic E-state index is -5.00. The molecule has 0 heterocycles. The van der Waals surface area contributed by atoms with Crippen molar-refractivity contribution in [3.05, 3.63) is 146 Å². The van der Waals surface area contributed by atoms with Crippen molar-refractivity contribution in [3.63, 3.8) is 0 Å². The van der Waals surface area contributed by atoms with E-state index in [1.165, 1.54) is 57.8 Å². The Hall–Kier alpha value is -5.06. The van der Waals surface area contributed by atoms with E-state index in [0.29, 0.717) is 32.1 Å². The summed E-state index contributed by atoms with van der Waals surface area (Å²) in [6.45, 7) is 4.51. The first-order valence-electron chi connectivity index (χ1n) is 40.1. The molecule has 0 aliphatic carbocycles. The normalized spacial score (nSPS) is 14.6. The van der Waals surface area contributed by atoms with E-state index in [0.717, 1.165) is 167 Å². The van der Waals surface area contributed by atoms with Gasteiger partial charge < -0.3 is 33.8 Å². The summed E-state index contributed by atoms with van der Waals surface area (Å²) in [4.78, 5) is 73.0. The Morgan fingerprint density at radius 2 is 0.500 bits per heavy atom. The third kappa shape index (κ3) is 75.2. The Morgan fingerprint density at radius 1 is 0.279 bits per heavy atom. The maximum Gasteiger partial charge on any atom is 0.472 e. The van der Waals surface area contributed by atoms with Crippen LogP contribution in [0.1, 0.15) is 310 Å². The van der Waals surface area contributed by atoms with Gasteiger partial charge in [-0.15, -0.1) is 0 Å². The number of esters is 4. The number of ether oxygens (including phenoxy) is 4. The highest BCUT2D eigenvalue weighted by atomic mass is 31.2. The Balaban J connectivity index is 5.45. The van der Waals surface area contributed by atoms with Gasteiger partial charge in [0.25, 0.3) is 0 Å². The number of rotatable bonds is 74. The SMILES string of the molecule is CC/C=C\C/C=C\C/C=C\C/C=C\C/C=C\CCCCCC(=O)OCC(COP(=O)(O)OCC(O)COP(=O)(O)OCC(COC(=O)CCCCCCC/C=C\C/C=C\CCCCC)OC(=O)CCCCCCC/C=C\CCCCCCCC)OC(=O)CCCC/C=C\C/C=C\C/C=C\C/C=C\CC.